The first kappa shape index (κ1) is 14.5. The Hall–Kier alpha value is -3.14. The summed E-state index contributed by atoms with van der Waals surface area (Å²) in [5.41, 5.74) is 5.48. The summed E-state index contributed by atoms with van der Waals surface area (Å²) in [6.07, 6.45) is 3.69. The van der Waals surface area contributed by atoms with Crippen LogP contribution in [0.2, 0.25) is 0 Å². The predicted octanol–water partition coefficient (Wildman–Crippen LogP) is 4.53. The van der Waals surface area contributed by atoms with Gasteiger partial charge in [0.25, 0.3) is 0 Å². The molecule has 1 N–H and O–H groups in total. The summed E-state index contributed by atoms with van der Waals surface area (Å²) >= 11 is 0. The van der Waals surface area contributed by atoms with Crippen LogP contribution in [0.25, 0.3) is 11.0 Å². The van der Waals surface area contributed by atoms with Gasteiger partial charge in [0.15, 0.2) is 0 Å². The Morgan fingerprint density at radius 3 is 2.67 bits per heavy atom. The molecule has 0 spiro atoms. The molecule has 0 atom stereocenters. The number of nitrogens with zero attached hydrogens (tertiary/aromatic N) is 3. The maximum absolute atomic E-state index is 4.47. The van der Waals surface area contributed by atoms with Gasteiger partial charge < -0.3 is 9.88 Å². The van der Waals surface area contributed by atoms with Crippen molar-refractivity contribution in [3.63, 3.8) is 0 Å². The lowest BCUT2D eigenvalue weighted by atomic mass is 10.2. The number of aryl methyl sites for hydroxylation is 1. The van der Waals surface area contributed by atoms with Crippen LogP contribution in [0.5, 0.6) is 0 Å². The average Bonchev–Trinajstić information content (AvgIpc) is 2.98. The van der Waals surface area contributed by atoms with Gasteiger partial charge in [0.1, 0.15) is 11.3 Å². The van der Waals surface area contributed by atoms with Gasteiger partial charge in [-0.1, -0.05) is 42.5 Å². The Kier molecular flexibility index (Phi) is 3.71. The van der Waals surface area contributed by atoms with E-state index in [1.807, 2.05) is 36.8 Å². The summed E-state index contributed by atoms with van der Waals surface area (Å²) in [6, 6.07) is 20.7. The van der Waals surface area contributed by atoms with Gasteiger partial charge in [0.05, 0.1) is 18.0 Å². The highest BCUT2D eigenvalue weighted by molar-refractivity contribution is 5.78. The molecule has 4 aromatic rings. The van der Waals surface area contributed by atoms with Crippen molar-refractivity contribution in [3.8, 4) is 0 Å². The highest BCUT2D eigenvalue weighted by atomic mass is 15.1. The molecule has 0 bridgehead atoms. The van der Waals surface area contributed by atoms with Crippen LogP contribution in [-0.4, -0.2) is 14.5 Å². The van der Waals surface area contributed by atoms with Crippen LogP contribution < -0.4 is 5.32 Å². The monoisotopic (exact) mass is 314 g/mol. The number of pyridine rings is 1. The zero-order valence-corrected chi connectivity index (χ0v) is 13.5. The van der Waals surface area contributed by atoms with Gasteiger partial charge >= 0.3 is 0 Å². The molecule has 0 radical (unpaired) electrons. The number of hydrogen-bond donors (Lipinski definition) is 1. The number of anilines is 2. The molecule has 0 saturated carbocycles. The highest BCUT2D eigenvalue weighted by Crippen LogP contribution is 2.21. The summed E-state index contributed by atoms with van der Waals surface area (Å²) < 4.78 is 2.15. The van der Waals surface area contributed by atoms with Gasteiger partial charge in [0.2, 0.25) is 0 Å². The molecule has 0 fully saturated rings. The van der Waals surface area contributed by atoms with E-state index in [1.165, 1.54) is 11.1 Å². The predicted molar refractivity (Wildman–Crippen MR) is 97.5 cm³/mol. The topological polar surface area (TPSA) is 42.7 Å². The van der Waals surface area contributed by atoms with Crippen LogP contribution in [-0.2, 0) is 6.54 Å². The smallest absolute Gasteiger partial charge is 0.132 e. The van der Waals surface area contributed by atoms with Crippen molar-refractivity contribution in [1.29, 1.82) is 0 Å². The van der Waals surface area contributed by atoms with Gasteiger partial charge in [-0.2, -0.15) is 0 Å². The summed E-state index contributed by atoms with van der Waals surface area (Å²) in [4.78, 5) is 8.92. The van der Waals surface area contributed by atoms with E-state index in [4.69, 9.17) is 0 Å². The normalized spacial score (nSPS) is 10.9. The third-order valence-electron chi connectivity index (χ3n) is 3.99. The van der Waals surface area contributed by atoms with Crippen LogP contribution in [0.15, 0.2) is 73.2 Å². The summed E-state index contributed by atoms with van der Waals surface area (Å²) in [6.45, 7) is 2.88. The fraction of sp³-hybridized carbons (Fsp3) is 0.100. The number of aromatic nitrogens is 3. The molecule has 4 heteroatoms. The van der Waals surface area contributed by atoms with E-state index in [1.54, 1.807) is 0 Å². The number of rotatable bonds is 4. The molecule has 118 valence electrons. The Bertz CT molecular complexity index is 973. The van der Waals surface area contributed by atoms with Crippen molar-refractivity contribution in [2.75, 3.05) is 5.32 Å². The maximum atomic E-state index is 4.47. The first-order valence-electron chi connectivity index (χ1n) is 7.96. The molecule has 0 saturated heterocycles. The van der Waals surface area contributed by atoms with Crippen molar-refractivity contribution < 1.29 is 0 Å². The van der Waals surface area contributed by atoms with E-state index in [-0.39, 0.29) is 0 Å². The van der Waals surface area contributed by atoms with Crippen LogP contribution in [0, 0.1) is 6.92 Å². The Balaban J connectivity index is 1.65. The van der Waals surface area contributed by atoms with Gasteiger partial charge in [-0.15, -0.1) is 0 Å². The molecule has 2 aromatic carbocycles. The van der Waals surface area contributed by atoms with Crippen LogP contribution in [0.4, 0.5) is 11.5 Å². The lowest BCUT2D eigenvalue weighted by molar-refractivity contribution is 0.824. The van der Waals surface area contributed by atoms with E-state index < -0.39 is 0 Å². The average molecular weight is 314 g/mol. The van der Waals surface area contributed by atoms with Gasteiger partial charge in [-0.25, -0.2) is 9.97 Å². The van der Waals surface area contributed by atoms with Crippen molar-refractivity contribution in [2.24, 2.45) is 0 Å². The third kappa shape index (κ3) is 2.99. The molecule has 0 aliphatic heterocycles. The first-order valence-corrected chi connectivity index (χ1v) is 7.96. The standard InChI is InChI=1S/C20H18N4/c1-15-6-5-9-17(10-15)23-20-11-19-18(12-21-20)22-14-24(19)13-16-7-3-2-4-8-16/h2-12,14H,13H2,1H3,(H,21,23). The minimum absolute atomic E-state index is 0.797. The number of fused-ring (bicyclic) bond motifs is 1. The molecule has 0 aliphatic carbocycles. The van der Waals surface area contributed by atoms with E-state index in [2.05, 4.69) is 63.2 Å². The molecule has 24 heavy (non-hydrogen) atoms. The Morgan fingerprint density at radius 1 is 0.958 bits per heavy atom. The first-order chi connectivity index (χ1) is 11.8. The second kappa shape index (κ2) is 6.16. The molecule has 4 rings (SSSR count). The molecular formula is C20H18N4. The van der Waals surface area contributed by atoms with Crippen molar-refractivity contribution in [3.05, 3.63) is 84.3 Å². The number of imidazole rings is 1. The Morgan fingerprint density at radius 2 is 1.83 bits per heavy atom. The lowest BCUT2D eigenvalue weighted by Gasteiger charge is -2.08. The van der Waals surface area contributed by atoms with Gasteiger partial charge in [0, 0.05) is 18.3 Å². The quantitative estimate of drug-likeness (QED) is 0.602. The molecule has 0 aliphatic rings. The number of nitrogens with one attached hydrogen (secondary N) is 1. The second-order valence-corrected chi connectivity index (χ2v) is 5.91. The van der Waals surface area contributed by atoms with Crippen molar-refractivity contribution >= 4 is 22.5 Å². The summed E-state index contributed by atoms with van der Waals surface area (Å²) in [5, 5.41) is 3.37. The number of hydrogen-bond acceptors (Lipinski definition) is 3. The largest absolute Gasteiger partial charge is 0.340 e. The minimum atomic E-state index is 0.797. The summed E-state index contributed by atoms with van der Waals surface area (Å²) in [7, 11) is 0. The molecule has 2 aromatic heterocycles. The van der Waals surface area contributed by atoms with E-state index in [0.29, 0.717) is 0 Å². The van der Waals surface area contributed by atoms with Crippen molar-refractivity contribution in [1.82, 2.24) is 14.5 Å². The fourth-order valence-corrected chi connectivity index (χ4v) is 2.81. The zero-order chi connectivity index (χ0) is 16.4. The van der Waals surface area contributed by atoms with E-state index in [9.17, 15) is 0 Å². The fourth-order valence-electron chi connectivity index (χ4n) is 2.81. The van der Waals surface area contributed by atoms with Gasteiger partial charge in [-0.3, -0.25) is 0 Å². The zero-order valence-electron chi connectivity index (χ0n) is 13.5. The molecule has 2 heterocycles. The summed E-state index contributed by atoms with van der Waals surface area (Å²) in [5.74, 6) is 0.822. The molecule has 4 nitrogen and oxygen atoms in total. The van der Waals surface area contributed by atoms with Crippen LogP contribution >= 0.6 is 0 Å². The Labute approximate surface area is 140 Å². The molecule has 0 amide bonds. The van der Waals surface area contributed by atoms with Gasteiger partial charge in [-0.05, 0) is 30.2 Å². The van der Waals surface area contributed by atoms with E-state index in [0.717, 1.165) is 29.1 Å². The lowest BCUT2D eigenvalue weighted by Crippen LogP contribution is -1.99. The highest BCUT2D eigenvalue weighted by Gasteiger charge is 2.06. The van der Waals surface area contributed by atoms with Crippen LogP contribution in [0.1, 0.15) is 11.1 Å². The van der Waals surface area contributed by atoms with Crippen molar-refractivity contribution in [2.45, 2.75) is 13.5 Å². The number of benzene rings is 2. The minimum Gasteiger partial charge on any atom is -0.340 e. The van der Waals surface area contributed by atoms with E-state index >= 15 is 0 Å². The second-order valence-electron chi connectivity index (χ2n) is 5.91. The maximum Gasteiger partial charge on any atom is 0.132 e. The third-order valence-corrected chi connectivity index (χ3v) is 3.99. The SMILES string of the molecule is Cc1cccc(Nc2cc3c(cn2)ncn3Cc2ccccc2)c1. The van der Waals surface area contributed by atoms with Crippen LogP contribution in [0.3, 0.4) is 0 Å². The molecular weight excluding hydrogens is 296 g/mol. The molecule has 0 unspecified atom stereocenters.